The molecule has 1 aromatic heterocycles. The number of aromatic nitrogens is 4. The predicted octanol–water partition coefficient (Wildman–Crippen LogP) is 5.23. The molecule has 12 heteroatoms. The van der Waals surface area contributed by atoms with Crippen LogP contribution in [0.2, 0.25) is 0 Å². The average Bonchev–Trinajstić information content (AvgIpc) is 3.45. The first-order valence-electron chi connectivity index (χ1n) is 11.0. The second-order valence-corrected chi connectivity index (χ2v) is 10.2. The number of rotatable bonds is 6. The summed E-state index contributed by atoms with van der Waals surface area (Å²) in [5, 5.41) is 27.2. The lowest BCUT2D eigenvalue weighted by atomic mass is 10.1. The number of benzene rings is 3. The van der Waals surface area contributed by atoms with Crippen molar-refractivity contribution in [3.05, 3.63) is 98.4 Å². The normalized spacial score (nSPS) is 15.4. The number of nitrogens with one attached hydrogen (secondary N) is 1. The number of carbonyl (C=O) groups is 1. The Morgan fingerprint density at radius 2 is 1.84 bits per heavy atom. The van der Waals surface area contributed by atoms with E-state index in [1.807, 2.05) is 62.4 Å². The molecule has 0 aliphatic carbocycles. The van der Waals surface area contributed by atoms with E-state index in [0.29, 0.717) is 25.7 Å². The van der Waals surface area contributed by atoms with Crippen molar-refractivity contribution in [3.63, 3.8) is 0 Å². The van der Waals surface area contributed by atoms with Crippen LogP contribution in [-0.2, 0) is 4.79 Å². The first-order valence-corrected chi connectivity index (χ1v) is 12.7. The van der Waals surface area contributed by atoms with Gasteiger partial charge in [-0.15, -0.1) is 5.10 Å². The molecular weight excluding hydrogens is 510 g/mol. The Hall–Kier alpha value is -4.29. The van der Waals surface area contributed by atoms with E-state index in [1.165, 1.54) is 22.5 Å². The third-order valence-electron chi connectivity index (χ3n) is 5.21. The summed E-state index contributed by atoms with van der Waals surface area (Å²) in [5.74, 6) is -0.309. The van der Waals surface area contributed by atoms with Gasteiger partial charge in [0, 0.05) is 6.07 Å². The highest BCUT2D eigenvalue weighted by atomic mass is 32.2. The van der Waals surface area contributed by atoms with Gasteiger partial charge in [0.25, 0.3) is 11.6 Å². The molecule has 3 aromatic carbocycles. The number of hydrogen-bond donors (Lipinski definition) is 1. The quantitative estimate of drug-likeness (QED) is 0.204. The molecule has 2 heterocycles. The minimum atomic E-state index is -0.462. The average molecular weight is 530 g/mol. The van der Waals surface area contributed by atoms with Crippen LogP contribution in [0.3, 0.4) is 0 Å². The van der Waals surface area contributed by atoms with Crippen LogP contribution in [-0.4, -0.2) is 36.2 Å². The topological polar surface area (TPSA) is 128 Å². The van der Waals surface area contributed by atoms with E-state index in [9.17, 15) is 14.9 Å². The second-order valence-electron chi connectivity index (χ2n) is 8.12. The zero-order chi connectivity index (χ0) is 25.9. The van der Waals surface area contributed by atoms with Crippen molar-refractivity contribution >= 4 is 52.0 Å². The Labute approximate surface area is 220 Å². The van der Waals surface area contributed by atoms with Gasteiger partial charge in [0.2, 0.25) is 5.16 Å². The Kier molecular flexibility index (Phi) is 6.84. The Balaban J connectivity index is 1.40. The van der Waals surface area contributed by atoms with Crippen molar-refractivity contribution < 1.29 is 9.72 Å². The van der Waals surface area contributed by atoms with Gasteiger partial charge in [-0.1, -0.05) is 30.3 Å². The number of carbonyl (C=O) groups excluding carboxylic acids is 1. The number of nitro groups is 1. The van der Waals surface area contributed by atoms with Gasteiger partial charge in [-0.2, -0.15) is 4.68 Å². The van der Waals surface area contributed by atoms with Crippen molar-refractivity contribution in [1.82, 2.24) is 25.5 Å². The van der Waals surface area contributed by atoms with Gasteiger partial charge >= 0.3 is 0 Å². The number of para-hydroxylation sites is 1. The summed E-state index contributed by atoms with van der Waals surface area (Å²) in [5.41, 5.74) is 4.04. The van der Waals surface area contributed by atoms with Crippen molar-refractivity contribution in [2.24, 2.45) is 4.99 Å². The highest BCUT2D eigenvalue weighted by Gasteiger charge is 2.25. The third kappa shape index (κ3) is 5.60. The fourth-order valence-corrected chi connectivity index (χ4v) is 5.41. The molecule has 1 aliphatic rings. The highest BCUT2D eigenvalue weighted by molar-refractivity contribution is 8.18. The molecule has 0 spiro atoms. The van der Waals surface area contributed by atoms with Crippen LogP contribution in [0.25, 0.3) is 11.8 Å². The Morgan fingerprint density at radius 3 is 2.57 bits per heavy atom. The number of amidine groups is 1. The molecular formula is C25H19N7O3S2. The van der Waals surface area contributed by atoms with Gasteiger partial charge in [-0.3, -0.25) is 14.9 Å². The zero-order valence-corrected chi connectivity index (χ0v) is 21.3. The number of hydrogen-bond acceptors (Lipinski definition) is 9. The molecule has 0 unspecified atom stereocenters. The monoisotopic (exact) mass is 529 g/mol. The van der Waals surface area contributed by atoms with E-state index in [4.69, 9.17) is 0 Å². The van der Waals surface area contributed by atoms with Crippen LogP contribution >= 0.6 is 23.5 Å². The zero-order valence-electron chi connectivity index (χ0n) is 19.7. The molecule has 4 aromatic rings. The molecule has 0 saturated carbocycles. The van der Waals surface area contributed by atoms with E-state index in [-0.39, 0.29) is 11.6 Å². The number of amides is 1. The Bertz CT molecular complexity index is 1560. The maximum absolute atomic E-state index is 12.5. The number of nitro benzene ring substituents is 1. The predicted molar refractivity (Wildman–Crippen MR) is 143 cm³/mol. The number of tetrazole rings is 1. The fourth-order valence-electron chi connectivity index (χ4n) is 3.69. The summed E-state index contributed by atoms with van der Waals surface area (Å²) in [6.07, 6.45) is 1.61. The molecule has 1 saturated heterocycles. The number of aryl methyl sites for hydroxylation is 2. The molecule has 1 N–H and O–H groups in total. The first kappa shape index (κ1) is 24.4. The molecule has 10 nitrogen and oxygen atoms in total. The summed E-state index contributed by atoms with van der Waals surface area (Å²) < 4.78 is 1.51. The molecule has 1 aliphatic heterocycles. The van der Waals surface area contributed by atoms with Crippen LogP contribution in [0.5, 0.6) is 0 Å². The van der Waals surface area contributed by atoms with Crippen LogP contribution in [0.15, 0.2) is 86.7 Å². The molecule has 37 heavy (non-hydrogen) atoms. The van der Waals surface area contributed by atoms with E-state index in [1.54, 1.807) is 18.2 Å². The van der Waals surface area contributed by atoms with E-state index >= 15 is 0 Å². The van der Waals surface area contributed by atoms with Crippen molar-refractivity contribution in [2.45, 2.75) is 23.9 Å². The van der Waals surface area contributed by atoms with Gasteiger partial charge in [-0.05, 0) is 101 Å². The molecule has 184 valence electrons. The van der Waals surface area contributed by atoms with Crippen LogP contribution in [0, 0.1) is 24.0 Å². The van der Waals surface area contributed by atoms with Gasteiger partial charge < -0.3 is 5.32 Å². The molecule has 1 amide bonds. The maximum Gasteiger partial charge on any atom is 0.283 e. The second kappa shape index (κ2) is 10.4. The minimum Gasteiger partial charge on any atom is -0.300 e. The number of nitrogens with zero attached hydrogens (tertiary/aromatic N) is 6. The Morgan fingerprint density at radius 1 is 1.08 bits per heavy atom. The van der Waals surface area contributed by atoms with Crippen LogP contribution < -0.4 is 5.32 Å². The van der Waals surface area contributed by atoms with Crippen molar-refractivity contribution in [1.29, 1.82) is 0 Å². The SMILES string of the molecule is Cc1cc(C)cc(N=C2NC(=O)/C(=C/c3ccc(Sc4nnnn4-c4ccccc4)c([N+](=O)[O-])c3)S2)c1. The van der Waals surface area contributed by atoms with Gasteiger partial charge in [0.15, 0.2) is 5.17 Å². The van der Waals surface area contributed by atoms with Gasteiger partial charge in [0.1, 0.15) is 0 Å². The summed E-state index contributed by atoms with van der Waals surface area (Å²) in [7, 11) is 0. The van der Waals surface area contributed by atoms with E-state index in [0.717, 1.165) is 34.3 Å². The summed E-state index contributed by atoms with van der Waals surface area (Å²) in [6, 6.07) is 19.9. The lowest BCUT2D eigenvalue weighted by Crippen LogP contribution is -2.19. The summed E-state index contributed by atoms with van der Waals surface area (Å²) >= 11 is 2.27. The standard InChI is InChI=1S/C25H19N7O3S2/c1-15-10-16(2)12-18(11-15)26-24-27-23(33)22(36-24)14-17-8-9-21(20(13-17)32(34)35)37-25-28-29-30-31(25)19-6-4-3-5-7-19/h3-14H,1-2H3,(H,26,27,33)/b22-14-. The number of thioether (sulfide) groups is 1. The van der Waals surface area contributed by atoms with Crippen LogP contribution in [0.1, 0.15) is 16.7 Å². The van der Waals surface area contributed by atoms with Crippen molar-refractivity contribution in [3.8, 4) is 5.69 Å². The first-order chi connectivity index (χ1) is 17.9. The molecule has 5 rings (SSSR count). The summed E-state index contributed by atoms with van der Waals surface area (Å²) in [4.78, 5) is 29.3. The van der Waals surface area contributed by atoms with E-state index < -0.39 is 4.92 Å². The minimum absolute atomic E-state index is 0.116. The van der Waals surface area contributed by atoms with Gasteiger partial charge in [-0.25, -0.2) is 4.99 Å². The molecule has 0 atom stereocenters. The maximum atomic E-state index is 12.5. The smallest absolute Gasteiger partial charge is 0.283 e. The van der Waals surface area contributed by atoms with Crippen LogP contribution in [0.4, 0.5) is 11.4 Å². The fraction of sp³-hybridized carbons (Fsp3) is 0.0800. The lowest BCUT2D eigenvalue weighted by Gasteiger charge is -2.05. The van der Waals surface area contributed by atoms with Gasteiger partial charge in [0.05, 0.1) is 26.1 Å². The largest absolute Gasteiger partial charge is 0.300 e. The molecule has 1 fully saturated rings. The number of aliphatic imine (C=N–C) groups is 1. The summed E-state index contributed by atoms with van der Waals surface area (Å²) in [6.45, 7) is 3.97. The third-order valence-corrected chi connectivity index (χ3v) is 7.12. The van der Waals surface area contributed by atoms with Crippen molar-refractivity contribution in [2.75, 3.05) is 0 Å². The molecule has 0 bridgehead atoms. The highest BCUT2D eigenvalue weighted by Crippen LogP contribution is 2.36. The lowest BCUT2D eigenvalue weighted by molar-refractivity contribution is -0.387. The van der Waals surface area contributed by atoms with E-state index in [2.05, 4.69) is 25.8 Å². The molecule has 0 radical (unpaired) electrons.